The first-order chi connectivity index (χ1) is 9.75. The molecule has 0 radical (unpaired) electrons. The van der Waals surface area contributed by atoms with Crippen molar-refractivity contribution in [3.05, 3.63) is 40.9 Å². The lowest BCUT2D eigenvalue weighted by Crippen LogP contribution is -2.09. The van der Waals surface area contributed by atoms with Crippen LogP contribution in [-0.2, 0) is 10.9 Å². The van der Waals surface area contributed by atoms with Crippen LogP contribution in [0.2, 0.25) is 0 Å². The van der Waals surface area contributed by atoms with Crippen molar-refractivity contribution in [2.75, 3.05) is 7.11 Å². The molecule has 0 aliphatic rings. The molecule has 4 nitrogen and oxygen atoms in total. The topological polar surface area (TPSA) is 52.3 Å². The summed E-state index contributed by atoms with van der Waals surface area (Å²) < 4.78 is 60.7. The Morgan fingerprint density at radius 3 is 2.57 bits per heavy atom. The van der Waals surface area contributed by atoms with Gasteiger partial charge in [-0.15, -0.1) is 0 Å². The monoisotopic (exact) mass is 303 g/mol. The van der Waals surface area contributed by atoms with Crippen LogP contribution in [0, 0.1) is 12.7 Å². The average Bonchev–Trinajstić information content (AvgIpc) is 2.79. The van der Waals surface area contributed by atoms with Gasteiger partial charge in [0.25, 0.3) is 0 Å². The van der Waals surface area contributed by atoms with Crippen molar-refractivity contribution in [2.45, 2.75) is 13.1 Å². The van der Waals surface area contributed by atoms with Crippen LogP contribution in [0.15, 0.2) is 22.7 Å². The van der Waals surface area contributed by atoms with E-state index in [9.17, 15) is 22.4 Å². The number of nitrogens with zero attached hydrogens (tertiary/aromatic N) is 1. The zero-order valence-electron chi connectivity index (χ0n) is 10.9. The number of hydrogen-bond donors (Lipinski definition) is 0. The first kappa shape index (κ1) is 15.0. The summed E-state index contributed by atoms with van der Waals surface area (Å²) in [6.45, 7) is 1.41. The third kappa shape index (κ3) is 2.74. The van der Waals surface area contributed by atoms with E-state index in [1.54, 1.807) is 0 Å². The van der Waals surface area contributed by atoms with E-state index in [2.05, 4.69) is 9.89 Å². The Morgan fingerprint density at radius 2 is 2.00 bits per heavy atom. The molecule has 0 amide bonds. The quantitative estimate of drug-likeness (QED) is 0.628. The van der Waals surface area contributed by atoms with E-state index < -0.39 is 23.5 Å². The number of methoxy groups -OCH3 is 1. The number of esters is 1. The fourth-order valence-electron chi connectivity index (χ4n) is 1.80. The first-order valence-corrected chi connectivity index (χ1v) is 5.67. The molecule has 0 saturated carbocycles. The predicted octanol–water partition coefficient (Wildman–Crippen LogP) is 3.59. The third-order valence-electron chi connectivity index (χ3n) is 2.80. The van der Waals surface area contributed by atoms with Crippen LogP contribution >= 0.6 is 0 Å². The summed E-state index contributed by atoms with van der Waals surface area (Å²) in [4.78, 5) is 11.6. The fourth-order valence-corrected chi connectivity index (χ4v) is 1.80. The summed E-state index contributed by atoms with van der Waals surface area (Å²) in [6, 6.07) is 2.30. The van der Waals surface area contributed by atoms with Gasteiger partial charge in [0.05, 0.1) is 12.7 Å². The van der Waals surface area contributed by atoms with E-state index in [4.69, 9.17) is 4.52 Å². The predicted molar refractivity (Wildman–Crippen MR) is 63.0 cm³/mol. The maximum Gasteiger partial charge on any atom is 0.419 e. The van der Waals surface area contributed by atoms with Gasteiger partial charge in [-0.05, 0) is 25.1 Å². The molecule has 0 atom stereocenters. The summed E-state index contributed by atoms with van der Waals surface area (Å²) in [6.07, 6.45) is -4.86. The minimum absolute atomic E-state index is 0.0923. The second-order valence-corrected chi connectivity index (χ2v) is 4.15. The molecule has 21 heavy (non-hydrogen) atoms. The second kappa shape index (κ2) is 5.19. The van der Waals surface area contributed by atoms with Gasteiger partial charge < -0.3 is 9.26 Å². The smallest absolute Gasteiger partial charge is 0.419 e. The fraction of sp³-hybridized carbons (Fsp3) is 0.231. The molecule has 1 aromatic heterocycles. The highest BCUT2D eigenvalue weighted by molar-refractivity contribution is 5.97. The Morgan fingerprint density at radius 1 is 1.33 bits per heavy atom. The largest absolute Gasteiger partial charge is 0.465 e. The number of halogens is 4. The van der Waals surface area contributed by atoms with E-state index in [-0.39, 0.29) is 22.6 Å². The van der Waals surface area contributed by atoms with Crippen molar-refractivity contribution in [1.29, 1.82) is 0 Å². The highest BCUT2D eigenvalue weighted by Crippen LogP contribution is 2.35. The summed E-state index contributed by atoms with van der Waals surface area (Å²) >= 11 is 0. The number of alkyl halides is 3. The van der Waals surface area contributed by atoms with Gasteiger partial charge >= 0.3 is 12.1 Å². The van der Waals surface area contributed by atoms with Crippen molar-refractivity contribution >= 4 is 5.97 Å². The zero-order valence-corrected chi connectivity index (χ0v) is 10.9. The van der Waals surface area contributed by atoms with E-state index in [1.807, 2.05) is 0 Å². The van der Waals surface area contributed by atoms with E-state index in [1.165, 1.54) is 6.92 Å². The molecule has 0 unspecified atom stereocenters. The molecule has 8 heteroatoms. The summed E-state index contributed by atoms with van der Waals surface area (Å²) in [5.74, 6) is -2.12. The normalized spacial score (nSPS) is 11.5. The molecule has 0 N–H and O–H groups in total. The Kier molecular flexibility index (Phi) is 3.71. The first-order valence-electron chi connectivity index (χ1n) is 5.67. The van der Waals surface area contributed by atoms with Gasteiger partial charge in [-0.1, -0.05) is 5.16 Å². The summed E-state index contributed by atoms with van der Waals surface area (Å²) in [5.41, 5.74) is -1.78. The van der Waals surface area contributed by atoms with Crippen LogP contribution in [0.4, 0.5) is 17.6 Å². The van der Waals surface area contributed by atoms with Crippen LogP contribution in [0.3, 0.4) is 0 Å². The highest BCUT2D eigenvalue weighted by Gasteiger charge is 2.35. The van der Waals surface area contributed by atoms with E-state index >= 15 is 0 Å². The third-order valence-corrected chi connectivity index (χ3v) is 2.80. The van der Waals surface area contributed by atoms with Crippen molar-refractivity contribution in [1.82, 2.24) is 5.16 Å². The Balaban J connectivity index is 2.61. The van der Waals surface area contributed by atoms with Gasteiger partial charge in [0.15, 0.2) is 0 Å². The molecule has 0 aliphatic heterocycles. The summed E-state index contributed by atoms with van der Waals surface area (Å²) in [7, 11) is 1.12. The zero-order chi connectivity index (χ0) is 15.8. The molecule has 0 bridgehead atoms. The standard InChI is InChI=1S/C13H9F4NO3/c1-6-10(12(19)20-2)11(18-21-6)7-3-4-9(14)8(5-7)13(15,16)17/h3-5H,1-2H3. The molecule has 1 aromatic carbocycles. The van der Waals surface area contributed by atoms with Gasteiger partial charge in [-0.3, -0.25) is 0 Å². The molecule has 0 spiro atoms. The number of ether oxygens (including phenoxy) is 1. The second-order valence-electron chi connectivity index (χ2n) is 4.15. The Bertz CT molecular complexity index is 691. The van der Waals surface area contributed by atoms with Gasteiger partial charge in [0.1, 0.15) is 22.8 Å². The van der Waals surface area contributed by atoms with Crippen molar-refractivity contribution in [3.8, 4) is 11.3 Å². The lowest BCUT2D eigenvalue weighted by atomic mass is 10.0. The Hall–Kier alpha value is -2.38. The Labute approximate surface area is 116 Å². The van der Waals surface area contributed by atoms with E-state index in [0.717, 1.165) is 13.2 Å². The number of benzene rings is 1. The maximum absolute atomic E-state index is 13.3. The minimum atomic E-state index is -4.86. The minimum Gasteiger partial charge on any atom is -0.465 e. The SMILES string of the molecule is COC(=O)c1c(-c2ccc(F)c(C(F)(F)F)c2)noc1C. The highest BCUT2D eigenvalue weighted by atomic mass is 19.4. The summed E-state index contributed by atoms with van der Waals surface area (Å²) in [5, 5.41) is 3.54. The van der Waals surface area contributed by atoms with Gasteiger partial charge in [-0.2, -0.15) is 13.2 Å². The van der Waals surface area contributed by atoms with Crippen molar-refractivity contribution < 1.29 is 31.6 Å². The number of carbonyl (C=O) groups excluding carboxylic acids is 1. The van der Waals surface area contributed by atoms with Crippen LogP contribution in [0.1, 0.15) is 21.7 Å². The molecule has 2 rings (SSSR count). The van der Waals surface area contributed by atoms with Crippen LogP contribution in [0.5, 0.6) is 0 Å². The lowest BCUT2D eigenvalue weighted by molar-refractivity contribution is -0.139. The van der Waals surface area contributed by atoms with Crippen LogP contribution in [-0.4, -0.2) is 18.2 Å². The van der Waals surface area contributed by atoms with Crippen LogP contribution in [0.25, 0.3) is 11.3 Å². The number of carbonyl (C=O) groups is 1. The number of rotatable bonds is 2. The maximum atomic E-state index is 13.3. The molecule has 1 heterocycles. The van der Waals surface area contributed by atoms with E-state index in [0.29, 0.717) is 12.1 Å². The van der Waals surface area contributed by atoms with Gasteiger partial charge in [0.2, 0.25) is 0 Å². The van der Waals surface area contributed by atoms with Crippen LogP contribution < -0.4 is 0 Å². The molecule has 0 saturated heterocycles. The molecular formula is C13H9F4NO3. The number of aryl methyl sites for hydroxylation is 1. The van der Waals surface area contributed by atoms with Gasteiger partial charge in [0, 0.05) is 5.56 Å². The average molecular weight is 303 g/mol. The number of aromatic nitrogens is 1. The molecule has 0 aliphatic carbocycles. The molecule has 0 fully saturated rings. The molecular weight excluding hydrogens is 294 g/mol. The molecule has 112 valence electrons. The van der Waals surface area contributed by atoms with Crippen molar-refractivity contribution in [3.63, 3.8) is 0 Å². The molecule has 2 aromatic rings. The lowest BCUT2D eigenvalue weighted by Gasteiger charge is -2.09. The van der Waals surface area contributed by atoms with Crippen molar-refractivity contribution in [2.24, 2.45) is 0 Å². The number of hydrogen-bond acceptors (Lipinski definition) is 4. The van der Waals surface area contributed by atoms with Gasteiger partial charge in [-0.25, -0.2) is 9.18 Å².